The zero-order valence-corrected chi connectivity index (χ0v) is 21.5. The summed E-state index contributed by atoms with van der Waals surface area (Å²) in [4.78, 5) is 0. The first-order valence-corrected chi connectivity index (χ1v) is 12.2. The van der Waals surface area contributed by atoms with Crippen LogP contribution in [0, 0.1) is 13.8 Å². The molecule has 0 saturated carbocycles. The molecule has 0 saturated heterocycles. The van der Waals surface area contributed by atoms with Gasteiger partial charge in [-0.15, -0.1) is 24.3 Å². The third-order valence-corrected chi connectivity index (χ3v) is 8.36. The molecule has 0 nitrogen and oxygen atoms in total. The van der Waals surface area contributed by atoms with Gasteiger partial charge in [-0.3, -0.25) is 0 Å². The van der Waals surface area contributed by atoms with Crippen LogP contribution in [-0.2, 0) is 26.2 Å². The summed E-state index contributed by atoms with van der Waals surface area (Å²) in [6, 6.07) is 19.7. The molecule has 2 heteroatoms. The zero-order valence-electron chi connectivity index (χ0n) is 17.8. The molecule has 1 aliphatic rings. The molecule has 0 amide bonds. The van der Waals surface area contributed by atoms with E-state index in [1.54, 1.807) is 5.57 Å². The van der Waals surface area contributed by atoms with E-state index >= 15 is 0 Å². The Morgan fingerprint density at radius 1 is 0.741 bits per heavy atom. The maximum atomic E-state index is 3.72. The number of hydrogen-bond donors (Lipinski definition) is 0. The van der Waals surface area contributed by atoms with Gasteiger partial charge >= 0.3 is 26.2 Å². The fourth-order valence-corrected chi connectivity index (χ4v) is 4.59. The minimum atomic E-state index is -0.607. The second kappa shape index (κ2) is 12.3. The first-order valence-electron chi connectivity index (χ1n) is 9.30. The average Bonchev–Trinajstić information content (AvgIpc) is 2.81. The van der Waals surface area contributed by atoms with Gasteiger partial charge in [0.2, 0.25) is 0 Å². The van der Waals surface area contributed by atoms with Crippen molar-refractivity contribution in [2.75, 3.05) is 0 Å². The van der Waals surface area contributed by atoms with E-state index in [0.717, 1.165) is 11.1 Å². The molecule has 0 bridgehead atoms. The van der Waals surface area contributed by atoms with E-state index in [4.69, 9.17) is 0 Å². The molecule has 0 aliphatic heterocycles. The monoisotopic (exact) mass is 452 g/mol. The second-order valence-electron chi connectivity index (χ2n) is 7.49. The van der Waals surface area contributed by atoms with E-state index in [-0.39, 0.29) is 26.2 Å². The minimum absolute atomic E-state index is 0. The van der Waals surface area contributed by atoms with Gasteiger partial charge in [0.05, 0.1) is 0 Å². The molecule has 0 heterocycles. The Balaban J connectivity index is 0.000000390. The van der Waals surface area contributed by atoms with Gasteiger partial charge in [0.15, 0.2) is 0 Å². The van der Waals surface area contributed by atoms with E-state index in [1.165, 1.54) is 11.1 Å². The maximum Gasteiger partial charge on any atom is 2.00 e. The second-order valence-corrected chi connectivity index (χ2v) is 11.0. The molecule has 0 spiro atoms. The quantitative estimate of drug-likeness (QED) is 0.315. The standard InChI is InChI=1S/C11H20Si.2C7H7.Zr/c1-8-7-11(4,12(5)6)10(3)9(8)2;2*1-7-5-3-2-4-6-7;/h7,12H,1-6H3;2*2-6H,1H2;/q;2*-1;+2. The first-order chi connectivity index (χ1) is 12.2. The normalized spacial score (nSPS) is 17.8. The molecular weight excluding hydrogens is 420 g/mol. The van der Waals surface area contributed by atoms with Gasteiger partial charge in [-0.2, -0.15) is 49.2 Å². The predicted molar refractivity (Wildman–Crippen MR) is 121 cm³/mol. The summed E-state index contributed by atoms with van der Waals surface area (Å²) in [7, 11) is -0.607. The van der Waals surface area contributed by atoms with Crippen molar-refractivity contribution in [1.29, 1.82) is 0 Å². The molecular formula is C25H34SiZr. The molecule has 0 radical (unpaired) electrons. The van der Waals surface area contributed by atoms with Crippen LogP contribution in [0.3, 0.4) is 0 Å². The Bertz CT molecular complexity index is 692. The van der Waals surface area contributed by atoms with Crippen molar-refractivity contribution in [1.82, 2.24) is 0 Å². The number of benzene rings is 2. The van der Waals surface area contributed by atoms with Crippen molar-refractivity contribution >= 4 is 8.80 Å². The predicted octanol–water partition coefficient (Wildman–Crippen LogP) is 7.26. The molecule has 0 N–H and O–H groups in total. The van der Waals surface area contributed by atoms with Crippen LogP contribution in [0.15, 0.2) is 83.5 Å². The summed E-state index contributed by atoms with van der Waals surface area (Å²) in [5.74, 6) is 0. The molecule has 2 aromatic carbocycles. The molecule has 3 rings (SSSR count). The van der Waals surface area contributed by atoms with Gasteiger partial charge in [-0.25, -0.2) is 0 Å². The van der Waals surface area contributed by atoms with Crippen molar-refractivity contribution in [3.63, 3.8) is 0 Å². The molecule has 2 aromatic rings. The third kappa shape index (κ3) is 8.11. The van der Waals surface area contributed by atoms with Crippen molar-refractivity contribution < 1.29 is 26.2 Å². The minimum Gasteiger partial charge on any atom is -0.199 e. The van der Waals surface area contributed by atoms with Gasteiger partial charge in [0, 0.05) is 8.80 Å². The van der Waals surface area contributed by atoms with Crippen molar-refractivity contribution in [2.24, 2.45) is 0 Å². The van der Waals surface area contributed by atoms with Crippen LogP contribution in [0.5, 0.6) is 0 Å². The van der Waals surface area contributed by atoms with Gasteiger partial charge in [-0.1, -0.05) is 49.4 Å². The van der Waals surface area contributed by atoms with E-state index in [9.17, 15) is 0 Å². The summed E-state index contributed by atoms with van der Waals surface area (Å²) in [6.07, 6.45) is 2.48. The van der Waals surface area contributed by atoms with Crippen molar-refractivity contribution in [2.45, 2.75) is 45.8 Å². The van der Waals surface area contributed by atoms with Crippen molar-refractivity contribution in [3.8, 4) is 0 Å². The molecule has 142 valence electrons. The van der Waals surface area contributed by atoms with Crippen LogP contribution in [0.25, 0.3) is 0 Å². The summed E-state index contributed by atoms with van der Waals surface area (Å²) in [6.45, 7) is 21.5. The Morgan fingerprint density at radius 3 is 1.26 bits per heavy atom. The van der Waals surface area contributed by atoms with Crippen LogP contribution < -0.4 is 0 Å². The number of hydrogen-bond acceptors (Lipinski definition) is 0. The van der Waals surface area contributed by atoms with Crippen LogP contribution in [-0.4, -0.2) is 8.80 Å². The van der Waals surface area contributed by atoms with Crippen LogP contribution in [0.1, 0.15) is 38.8 Å². The van der Waals surface area contributed by atoms with Gasteiger partial charge in [0.1, 0.15) is 0 Å². The van der Waals surface area contributed by atoms with Crippen LogP contribution in [0.2, 0.25) is 18.1 Å². The summed E-state index contributed by atoms with van der Waals surface area (Å²) in [5, 5.41) is 0.453. The largest absolute Gasteiger partial charge is 2.00 e. The fraction of sp³-hybridized carbons (Fsp3) is 0.280. The van der Waals surface area contributed by atoms with Crippen LogP contribution >= 0.6 is 0 Å². The molecule has 1 unspecified atom stereocenters. The topological polar surface area (TPSA) is 0 Å². The Hall–Kier alpha value is -1.24. The molecule has 27 heavy (non-hydrogen) atoms. The van der Waals surface area contributed by atoms with E-state index < -0.39 is 8.80 Å². The van der Waals surface area contributed by atoms with Crippen molar-refractivity contribution in [3.05, 3.63) is 108 Å². The fourth-order valence-electron chi connectivity index (χ4n) is 2.92. The Labute approximate surface area is 188 Å². The van der Waals surface area contributed by atoms with Gasteiger partial charge < -0.3 is 0 Å². The summed E-state index contributed by atoms with van der Waals surface area (Å²) < 4.78 is 0. The molecule has 1 atom stereocenters. The van der Waals surface area contributed by atoms with E-state index in [2.05, 4.69) is 60.7 Å². The first kappa shape index (κ1) is 25.8. The molecule has 1 aliphatic carbocycles. The number of rotatable bonds is 1. The summed E-state index contributed by atoms with van der Waals surface area (Å²) in [5.41, 5.74) is 6.78. The Kier molecular flexibility index (Phi) is 11.7. The third-order valence-electron chi connectivity index (χ3n) is 5.36. The van der Waals surface area contributed by atoms with Gasteiger partial charge in [-0.05, 0) is 31.4 Å². The average molecular weight is 454 g/mol. The molecule has 0 aromatic heterocycles. The van der Waals surface area contributed by atoms with E-state index in [1.807, 2.05) is 60.7 Å². The number of allylic oxidation sites excluding steroid dienone is 4. The van der Waals surface area contributed by atoms with E-state index in [0.29, 0.717) is 5.04 Å². The molecule has 0 fully saturated rings. The summed E-state index contributed by atoms with van der Waals surface area (Å²) >= 11 is 0. The maximum absolute atomic E-state index is 3.72. The zero-order chi connectivity index (χ0) is 19.7. The van der Waals surface area contributed by atoms with Gasteiger partial charge in [0.25, 0.3) is 0 Å². The smallest absolute Gasteiger partial charge is 0.199 e. The SMILES string of the molecule is CC1=CC(C)([SiH](C)C)C(C)=C1C.[CH2-]c1ccccc1.[CH2-]c1ccccc1.[Zr+2]. The van der Waals surface area contributed by atoms with Crippen LogP contribution in [0.4, 0.5) is 0 Å². The Morgan fingerprint density at radius 2 is 1.11 bits per heavy atom.